The second-order valence-electron chi connectivity index (χ2n) is 4.51. The van der Waals surface area contributed by atoms with Gasteiger partial charge in [0.15, 0.2) is 0 Å². The second kappa shape index (κ2) is 4.65. The zero-order valence-electron chi connectivity index (χ0n) is 9.59. The molecular formula is C12H20OSi. The number of rotatable bonds is 3. The number of phenolic OH excluding ortho intramolecular Hbond substituents is 1. The zero-order chi connectivity index (χ0) is 10.7. The van der Waals surface area contributed by atoms with Gasteiger partial charge in [-0.1, -0.05) is 31.3 Å². The molecule has 0 aliphatic carbocycles. The highest BCUT2D eigenvalue weighted by Gasteiger charge is 2.04. The highest BCUT2D eigenvalue weighted by Crippen LogP contribution is 2.23. The van der Waals surface area contributed by atoms with Gasteiger partial charge in [0.1, 0.15) is 5.75 Å². The molecule has 0 amide bonds. The fourth-order valence-electron chi connectivity index (χ4n) is 1.65. The lowest BCUT2D eigenvalue weighted by Gasteiger charge is -2.08. The lowest BCUT2D eigenvalue weighted by atomic mass is 10.0. The largest absolute Gasteiger partial charge is 0.507 e. The topological polar surface area (TPSA) is 20.2 Å². The van der Waals surface area contributed by atoms with Crippen LogP contribution in [0.2, 0.25) is 19.1 Å². The number of benzene rings is 1. The Balaban J connectivity index is 2.79. The molecule has 0 radical (unpaired) electrons. The number of aryl methyl sites for hydroxylation is 3. The molecule has 0 unspecified atom stereocenters. The lowest BCUT2D eigenvalue weighted by molar-refractivity contribution is 0.466. The summed E-state index contributed by atoms with van der Waals surface area (Å²) in [4.78, 5) is 0. The van der Waals surface area contributed by atoms with Crippen LogP contribution >= 0.6 is 0 Å². The first-order valence-corrected chi connectivity index (χ1v) is 8.42. The van der Waals surface area contributed by atoms with Crippen molar-refractivity contribution in [1.82, 2.24) is 0 Å². The van der Waals surface area contributed by atoms with Crippen LogP contribution in [0.3, 0.4) is 0 Å². The van der Waals surface area contributed by atoms with Crippen molar-refractivity contribution in [1.29, 1.82) is 0 Å². The Morgan fingerprint density at radius 1 is 1.14 bits per heavy atom. The number of aromatic hydroxyl groups is 1. The Hall–Kier alpha value is -0.763. The van der Waals surface area contributed by atoms with Gasteiger partial charge in [-0.15, -0.1) is 0 Å². The van der Waals surface area contributed by atoms with Crippen molar-refractivity contribution in [2.24, 2.45) is 0 Å². The molecule has 1 rings (SSSR count). The Morgan fingerprint density at radius 2 is 1.64 bits per heavy atom. The average molecular weight is 208 g/mol. The maximum absolute atomic E-state index is 9.62. The molecule has 0 fully saturated rings. The number of hydrogen-bond acceptors (Lipinski definition) is 1. The first kappa shape index (κ1) is 11.3. The van der Waals surface area contributed by atoms with Crippen molar-refractivity contribution >= 4 is 8.80 Å². The van der Waals surface area contributed by atoms with Gasteiger partial charge in [0.25, 0.3) is 0 Å². The minimum Gasteiger partial charge on any atom is -0.507 e. The van der Waals surface area contributed by atoms with Gasteiger partial charge in [0.05, 0.1) is 0 Å². The summed E-state index contributed by atoms with van der Waals surface area (Å²) in [5.41, 5.74) is 3.38. The van der Waals surface area contributed by atoms with E-state index in [0.717, 1.165) is 11.1 Å². The molecule has 1 N–H and O–H groups in total. The molecule has 1 aromatic rings. The molecule has 0 saturated carbocycles. The molecule has 2 heteroatoms. The van der Waals surface area contributed by atoms with Crippen molar-refractivity contribution in [3.05, 3.63) is 28.8 Å². The first-order chi connectivity index (χ1) is 6.50. The quantitative estimate of drug-likeness (QED) is 0.757. The van der Waals surface area contributed by atoms with Gasteiger partial charge in [-0.25, -0.2) is 0 Å². The Morgan fingerprint density at radius 3 is 2.07 bits per heavy atom. The van der Waals surface area contributed by atoms with Crippen LogP contribution in [0.4, 0.5) is 0 Å². The van der Waals surface area contributed by atoms with Crippen LogP contribution in [0.1, 0.15) is 16.7 Å². The number of phenols is 1. The van der Waals surface area contributed by atoms with Crippen LogP contribution in [-0.2, 0) is 6.42 Å². The predicted molar refractivity (Wildman–Crippen MR) is 65.0 cm³/mol. The van der Waals surface area contributed by atoms with E-state index in [1.807, 2.05) is 13.8 Å². The molecule has 0 atom stereocenters. The standard InChI is InChI=1S/C12H20OSi/c1-9-7-11(5-6-14(3)4)8-10(2)12(9)13/h7-8,13-14H,5-6H2,1-4H3. The van der Waals surface area contributed by atoms with E-state index in [9.17, 15) is 5.11 Å². The SMILES string of the molecule is Cc1cc(CC[SiH](C)C)cc(C)c1O. The van der Waals surface area contributed by atoms with Crippen LogP contribution in [0, 0.1) is 13.8 Å². The Bertz CT molecular complexity index is 295. The molecule has 1 nitrogen and oxygen atoms in total. The van der Waals surface area contributed by atoms with Crippen LogP contribution in [0.5, 0.6) is 5.75 Å². The van der Waals surface area contributed by atoms with E-state index in [1.165, 1.54) is 18.0 Å². The Kier molecular flexibility index (Phi) is 3.75. The molecular weight excluding hydrogens is 188 g/mol. The first-order valence-electron chi connectivity index (χ1n) is 5.29. The van der Waals surface area contributed by atoms with E-state index in [2.05, 4.69) is 25.2 Å². The molecule has 14 heavy (non-hydrogen) atoms. The van der Waals surface area contributed by atoms with Crippen molar-refractivity contribution in [3.8, 4) is 5.75 Å². The van der Waals surface area contributed by atoms with E-state index >= 15 is 0 Å². The lowest BCUT2D eigenvalue weighted by Crippen LogP contribution is -2.01. The van der Waals surface area contributed by atoms with E-state index < -0.39 is 8.80 Å². The normalized spacial score (nSPS) is 10.9. The van der Waals surface area contributed by atoms with E-state index in [1.54, 1.807) is 0 Å². The highest BCUT2D eigenvalue weighted by atomic mass is 28.3. The second-order valence-corrected chi connectivity index (χ2v) is 7.88. The van der Waals surface area contributed by atoms with Gasteiger partial charge in [-0.3, -0.25) is 0 Å². The van der Waals surface area contributed by atoms with E-state index in [-0.39, 0.29) is 0 Å². The highest BCUT2D eigenvalue weighted by molar-refractivity contribution is 6.55. The molecule has 0 aliphatic heterocycles. The predicted octanol–water partition coefficient (Wildman–Crippen LogP) is 3.04. The summed E-state index contributed by atoms with van der Waals surface area (Å²) in [6, 6.07) is 5.57. The summed E-state index contributed by atoms with van der Waals surface area (Å²) < 4.78 is 0. The fraction of sp³-hybridized carbons (Fsp3) is 0.500. The van der Waals surface area contributed by atoms with Gasteiger partial charge >= 0.3 is 0 Å². The van der Waals surface area contributed by atoms with Gasteiger partial charge in [0.2, 0.25) is 0 Å². The summed E-state index contributed by atoms with van der Waals surface area (Å²) in [5.74, 6) is 0.454. The molecule has 0 spiro atoms. The molecule has 1 aromatic carbocycles. The summed E-state index contributed by atoms with van der Waals surface area (Å²) in [5, 5.41) is 9.62. The molecule has 0 bridgehead atoms. The molecule has 0 saturated heterocycles. The summed E-state index contributed by atoms with van der Waals surface area (Å²) in [6.07, 6.45) is 1.17. The Labute approximate surface area is 88.4 Å². The maximum atomic E-state index is 9.62. The van der Waals surface area contributed by atoms with Gasteiger partial charge in [-0.2, -0.15) is 0 Å². The van der Waals surface area contributed by atoms with Gasteiger partial charge in [0, 0.05) is 8.80 Å². The minimum absolute atomic E-state index is 0.446. The molecule has 0 heterocycles. The van der Waals surface area contributed by atoms with Gasteiger partial charge < -0.3 is 5.11 Å². The third-order valence-corrected chi connectivity index (χ3v) is 4.00. The molecule has 0 aliphatic rings. The van der Waals surface area contributed by atoms with Crippen LogP contribution in [0.25, 0.3) is 0 Å². The van der Waals surface area contributed by atoms with Crippen molar-refractivity contribution in [3.63, 3.8) is 0 Å². The third-order valence-electron chi connectivity index (χ3n) is 2.56. The summed E-state index contributed by atoms with van der Waals surface area (Å²) in [7, 11) is -0.446. The fourth-order valence-corrected chi connectivity index (χ4v) is 2.56. The van der Waals surface area contributed by atoms with E-state index in [4.69, 9.17) is 0 Å². The zero-order valence-corrected chi connectivity index (χ0v) is 10.7. The number of hydrogen-bond donors (Lipinski definition) is 1. The van der Waals surface area contributed by atoms with Crippen LogP contribution in [-0.4, -0.2) is 13.9 Å². The molecule has 0 aromatic heterocycles. The average Bonchev–Trinajstić information content (AvgIpc) is 2.10. The minimum atomic E-state index is -0.446. The van der Waals surface area contributed by atoms with E-state index in [0.29, 0.717) is 5.75 Å². The smallest absolute Gasteiger partial charge is 0.121 e. The van der Waals surface area contributed by atoms with Crippen molar-refractivity contribution < 1.29 is 5.11 Å². The van der Waals surface area contributed by atoms with Gasteiger partial charge in [-0.05, 0) is 37.0 Å². The van der Waals surface area contributed by atoms with Crippen LogP contribution < -0.4 is 0 Å². The van der Waals surface area contributed by atoms with Crippen molar-refractivity contribution in [2.75, 3.05) is 0 Å². The monoisotopic (exact) mass is 208 g/mol. The maximum Gasteiger partial charge on any atom is 0.121 e. The summed E-state index contributed by atoms with van der Waals surface area (Å²) in [6.45, 7) is 8.69. The third kappa shape index (κ3) is 2.88. The van der Waals surface area contributed by atoms with Crippen LogP contribution in [0.15, 0.2) is 12.1 Å². The molecule has 78 valence electrons. The summed E-state index contributed by atoms with van der Waals surface area (Å²) >= 11 is 0. The van der Waals surface area contributed by atoms with Crippen molar-refractivity contribution in [2.45, 2.75) is 39.4 Å².